The molecule has 2 amide bonds. The number of H-pyrrole nitrogens is 1. The van der Waals surface area contributed by atoms with Crippen LogP contribution in [-0.4, -0.2) is 43.4 Å². The first-order valence-corrected chi connectivity index (χ1v) is 7.51. The fourth-order valence-electron chi connectivity index (χ4n) is 2.77. The number of nitrogens with zero attached hydrogens (tertiary/aromatic N) is 4. The average Bonchev–Trinajstić information content (AvgIpc) is 3.23. The zero-order chi connectivity index (χ0) is 16.2. The fourth-order valence-corrected chi connectivity index (χ4v) is 2.77. The highest BCUT2D eigenvalue weighted by molar-refractivity contribution is 5.91. The van der Waals surface area contributed by atoms with Crippen LogP contribution in [0.4, 0.5) is 0 Å². The third-order valence-electron chi connectivity index (χ3n) is 3.88. The van der Waals surface area contributed by atoms with Crippen LogP contribution in [0, 0.1) is 0 Å². The van der Waals surface area contributed by atoms with Crippen LogP contribution < -0.4 is 5.32 Å². The summed E-state index contributed by atoms with van der Waals surface area (Å²) in [6, 6.07) is 1.57. The molecule has 0 aliphatic carbocycles. The number of hydrogen-bond donors (Lipinski definition) is 2. The smallest absolute Gasteiger partial charge is 0.269 e. The quantitative estimate of drug-likeness (QED) is 0.869. The molecule has 1 saturated heterocycles. The molecule has 3 heterocycles. The van der Waals surface area contributed by atoms with Crippen molar-refractivity contribution in [2.45, 2.75) is 32.4 Å². The van der Waals surface area contributed by atoms with Crippen molar-refractivity contribution in [3.8, 4) is 0 Å². The number of aromatic nitrogens is 4. The monoisotopic (exact) mass is 314 g/mol. The Bertz CT molecular complexity index is 700. The van der Waals surface area contributed by atoms with E-state index < -0.39 is 0 Å². The molecule has 1 fully saturated rings. The van der Waals surface area contributed by atoms with Gasteiger partial charge in [0.25, 0.3) is 5.91 Å². The Hall–Kier alpha value is -2.77. The predicted octanol–water partition coefficient (Wildman–Crippen LogP) is 0.813. The molecule has 0 aromatic carbocycles. The number of amides is 2. The maximum Gasteiger partial charge on any atom is 0.269 e. The molecule has 2 aromatic heterocycles. The van der Waals surface area contributed by atoms with Gasteiger partial charge in [0.05, 0.1) is 36.4 Å². The van der Waals surface area contributed by atoms with Crippen LogP contribution in [0.1, 0.15) is 47.7 Å². The molecule has 3 rings (SSSR count). The van der Waals surface area contributed by atoms with Gasteiger partial charge in [0.1, 0.15) is 5.69 Å². The minimum Gasteiger partial charge on any atom is -0.345 e. The van der Waals surface area contributed by atoms with E-state index in [9.17, 15) is 9.59 Å². The summed E-state index contributed by atoms with van der Waals surface area (Å²) in [7, 11) is 0. The Morgan fingerprint density at radius 1 is 1.43 bits per heavy atom. The molecule has 0 radical (unpaired) electrons. The van der Waals surface area contributed by atoms with E-state index in [-0.39, 0.29) is 24.4 Å². The number of rotatable bonds is 4. The van der Waals surface area contributed by atoms with Gasteiger partial charge < -0.3 is 10.2 Å². The molecular weight excluding hydrogens is 296 g/mol. The molecule has 0 bridgehead atoms. The van der Waals surface area contributed by atoms with E-state index in [4.69, 9.17) is 0 Å². The van der Waals surface area contributed by atoms with Crippen LogP contribution >= 0.6 is 0 Å². The van der Waals surface area contributed by atoms with Gasteiger partial charge in [-0.25, -0.2) is 0 Å². The summed E-state index contributed by atoms with van der Waals surface area (Å²) in [5.74, 6) is -0.201. The second-order valence-electron chi connectivity index (χ2n) is 5.46. The summed E-state index contributed by atoms with van der Waals surface area (Å²) in [5, 5.41) is 9.10. The molecule has 8 nitrogen and oxygen atoms in total. The molecule has 0 unspecified atom stereocenters. The molecule has 8 heteroatoms. The Labute approximate surface area is 133 Å². The molecule has 1 aliphatic rings. The van der Waals surface area contributed by atoms with Gasteiger partial charge in [-0.3, -0.25) is 24.7 Å². The van der Waals surface area contributed by atoms with Crippen molar-refractivity contribution < 1.29 is 9.59 Å². The van der Waals surface area contributed by atoms with Crippen LogP contribution in [-0.2, 0) is 11.3 Å². The van der Waals surface area contributed by atoms with Crippen molar-refractivity contribution in [2.75, 3.05) is 6.54 Å². The van der Waals surface area contributed by atoms with Crippen molar-refractivity contribution in [3.05, 3.63) is 41.7 Å². The highest BCUT2D eigenvalue weighted by atomic mass is 16.2. The Balaban J connectivity index is 1.68. The lowest BCUT2D eigenvalue weighted by Gasteiger charge is -2.22. The van der Waals surface area contributed by atoms with E-state index in [1.807, 2.05) is 4.90 Å². The topological polar surface area (TPSA) is 104 Å². The van der Waals surface area contributed by atoms with E-state index in [0.717, 1.165) is 25.1 Å². The molecular formula is C15H18N6O2. The number of hydrogen-bond acceptors (Lipinski definition) is 5. The van der Waals surface area contributed by atoms with Crippen molar-refractivity contribution >= 4 is 11.8 Å². The van der Waals surface area contributed by atoms with Crippen LogP contribution in [0.5, 0.6) is 0 Å². The average molecular weight is 314 g/mol. The van der Waals surface area contributed by atoms with Gasteiger partial charge >= 0.3 is 0 Å². The summed E-state index contributed by atoms with van der Waals surface area (Å²) in [4.78, 5) is 34.1. The molecule has 1 aliphatic heterocycles. The van der Waals surface area contributed by atoms with Crippen LogP contribution in [0.3, 0.4) is 0 Å². The second-order valence-corrected chi connectivity index (χ2v) is 5.46. The van der Waals surface area contributed by atoms with Crippen LogP contribution in [0.25, 0.3) is 0 Å². The van der Waals surface area contributed by atoms with E-state index in [1.165, 1.54) is 6.20 Å². The maximum absolute atomic E-state index is 11.9. The first-order valence-electron chi connectivity index (χ1n) is 7.51. The highest BCUT2D eigenvalue weighted by Gasteiger charge is 2.29. The normalized spacial score (nSPS) is 17.3. The minimum atomic E-state index is -0.249. The Kier molecular flexibility index (Phi) is 4.31. The summed E-state index contributed by atoms with van der Waals surface area (Å²) < 4.78 is 0. The zero-order valence-electron chi connectivity index (χ0n) is 12.8. The second kappa shape index (κ2) is 6.55. The van der Waals surface area contributed by atoms with E-state index in [2.05, 4.69) is 25.5 Å². The lowest BCUT2D eigenvalue weighted by Crippen LogP contribution is -2.29. The number of nitrogens with one attached hydrogen (secondary N) is 2. The first kappa shape index (κ1) is 15.1. The van der Waals surface area contributed by atoms with Gasteiger partial charge in [0.15, 0.2) is 0 Å². The maximum atomic E-state index is 11.9. The van der Waals surface area contributed by atoms with Gasteiger partial charge in [0, 0.05) is 19.7 Å². The van der Waals surface area contributed by atoms with Crippen molar-refractivity contribution in [1.82, 2.24) is 30.4 Å². The van der Waals surface area contributed by atoms with Crippen molar-refractivity contribution in [1.29, 1.82) is 0 Å². The summed E-state index contributed by atoms with van der Waals surface area (Å²) >= 11 is 0. The van der Waals surface area contributed by atoms with Crippen LogP contribution in [0.2, 0.25) is 0 Å². The van der Waals surface area contributed by atoms with Gasteiger partial charge in [0.2, 0.25) is 5.91 Å². The largest absolute Gasteiger partial charge is 0.345 e. The lowest BCUT2D eigenvalue weighted by molar-refractivity contribution is -0.129. The SMILES string of the molecule is CC(=O)N1CCC[C@H]1c1cncc(CNC(=O)c2ccn[nH]2)n1. The molecule has 23 heavy (non-hydrogen) atoms. The third kappa shape index (κ3) is 3.36. The lowest BCUT2D eigenvalue weighted by atomic mass is 10.1. The zero-order valence-corrected chi connectivity index (χ0v) is 12.8. The van der Waals surface area contributed by atoms with E-state index in [1.54, 1.807) is 25.4 Å². The van der Waals surface area contributed by atoms with Crippen molar-refractivity contribution in [2.24, 2.45) is 0 Å². The Morgan fingerprint density at radius 2 is 2.30 bits per heavy atom. The van der Waals surface area contributed by atoms with Gasteiger partial charge in [-0.15, -0.1) is 0 Å². The van der Waals surface area contributed by atoms with Crippen LogP contribution in [0.15, 0.2) is 24.7 Å². The summed E-state index contributed by atoms with van der Waals surface area (Å²) in [6.07, 6.45) is 6.67. The Morgan fingerprint density at radius 3 is 3.04 bits per heavy atom. The molecule has 120 valence electrons. The summed E-state index contributed by atoms with van der Waals surface area (Å²) in [6.45, 7) is 2.59. The number of aromatic amines is 1. The molecule has 2 N–H and O–H groups in total. The van der Waals surface area contributed by atoms with Gasteiger partial charge in [-0.05, 0) is 18.9 Å². The molecule has 2 aromatic rings. The van der Waals surface area contributed by atoms with E-state index in [0.29, 0.717) is 11.4 Å². The standard InChI is InChI=1S/C15H18N6O2/c1-10(22)21-6-2-3-14(21)13-9-16-7-11(19-13)8-17-15(23)12-4-5-18-20-12/h4-5,7,9,14H,2-3,6,8H2,1H3,(H,17,23)(H,18,20)/t14-/m0/s1. The molecule has 1 atom stereocenters. The van der Waals surface area contributed by atoms with Crippen molar-refractivity contribution in [3.63, 3.8) is 0 Å². The van der Waals surface area contributed by atoms with E-state index >= 15 is 0 Å². The highest BCUT2D eigenvalue weighted by Crippen LogP contribution is 2.30. The summed E-state index contributed by atoms with van der Waals surface area (Å²) in [5.41, 5.74) is 1.82. The first-order chi connectivity index (χ1) is 11.1. The number of carbonyl (C=O) groups is 2. The predicted molar refractivity (Wildman–Crippen MR) is 81.2 cm³/mol. The molecule has 0 spiro atoms. The fraction of sp³-hybridized carbons (Fsp3) is 0.400. The molecule has 0 saturated carbocycles. The van der Waals surface area contributed by atoms with Gasteiger partial charge in [-0.2, -0.15) is 5.10 Å². The number of carbonyl (C=O) groups excluding carboxylic acids is 2. The number of likely N-dealkylation sites (tertiary alicyclic amines) is 1. The minimum absolute atomic E-state index is 0.0248. The van der Waals surface area contributed by atoms with Gasteiger partial charge in [-0.1, -0.05) is 0 Å². The third-order valence-corrected chi connectivity index (χ3v) is 3.88.